The van der Waals surface area contributed by atoms with Crippen LogP contribution >= 0.6 is 11.6 Å². The number of piperidine rings is 1. The van der Waals surface area contributed by atoms with Crippen molar-refractivity contribution in [2.24, 2.45) is 5.92 Å². The van der Waals surface area contributed by atoms with Gasteiger partial charge in [-0.15, -0.1) is 0 Å². The quantitative estimate of drug-likeness (QED) is 0.627. The average Bonchev–Trinajstić information content (AvgIpc) is 2.46. The highest BCUT2D eigenvalue weighted by Crippen LogP contribution is 2.32. The summed E-state index contributed by atoms with van der Waals surface area (Å²) in [6.45, 7) is 1.01. The fourth-order valence-electron chi connectivity index (χ4n) is 2.40. The molecule has 1 aliphatic heterocycles. The summed E-state index contributed by atoms with van der Waals surface area (Å²) in [5.41, 5.74) is -1.06. The van der Waals surface area contributed by atoms with E-state index < -0.39 is 17.2 Å². The molecule has 0 saturated carbocycles. The number of rotatable bonds is 3. The molecule has 0 aliphatic carbocycles. The molecule has 1 saturated heterocycles. The molecule has 0 amide bonds. The Labute approximate surface area is 130 Å². The summed E-state index contributed by atoms with van der Waals surface area (Å²) >= 11 is 5.58. The zero-order chi connectivity index (χ0) is 16.3. The summed E-state index contributed by atoms with van der Waals surface area (Å²) < 4.78 is 42.8. The van der Waals surface area contributed by atoms with Crippen LogP contribution in [0.15, 0.2) is 6.07 Å². The van der Waals surface area contributed by atoms with Crippen molar-refractivity contribution in [3.8, 4) is 0 Å². The van der Waals surface area contributed by atoms with Gasteiger partial charge in [-0.1, -0.05) is 0 Å². The lowest BCUT2D eigenvalue weighted by atomic mass is 9.93. The molecule has 1 aliphatic rings. The van der Waals surface area contributed by atoms with Crippen LogP contribution in [-0.4, -0.2) is 36.1 Å². The van der Waals surface area contributed by atoms with E-state index in [-0.39, 0.29) is 17.7 Å². The van der Waals surface area contributed by atoms with Crippen molar-refractivity contribution in [3.63, 3.8) is 0 Å². The molecule has 0 spiro atoms. The number of methoxy groups -OCH3 is 1. The predicted octanol–water partition coefficient (Wildman–Crippen LogP) is 2.93. The number of ether oxygens (including phenoxy) is 1. The van der Waals surface area contributed by atoms with Gasteiger partial charge in [0.2, 0.25) is 5.28 Å². The van der Waals surface area contributed by atoms with Crippen LogP contribution in [0.25, 0.3) is 0 Å². The number of aromatic nitrogens is 2. The van der Waals surface area contributed by atoms with E-state index in [1.807, 2.05) is 0 Å². The minimum atomic E-state index is -4.56. The number of esters is 1. The van der Waals surface area contributed by atoms with Gasteiger partial charge in [-0.05, 0) is 30.4 Å². The molecular weight excluding hydrogens is 323 g/mol. The normalized spacial score (nSPS) is 16.7. The molecule has 0 atom stereocenters. The van der Waals surface area contributed by atoms with E-state index in [4.69, 9.17) is 11.6 Å². The SMILES string of the molecule is COC(=O)CC1CCN(c2cc(C(F)(F)F)nc(Cl)n2)CC1. The standard InChI is InChI=1S/C13H15ClF3N3O2/c1-22-11(21)6-8-2-4-20(5-3-8)10-7-9(13(15,16)17)18-12(14)19-10/h7-8H,2-6H2,1H3. The van der Waals surface area contributed by atoms with E-state index in [1.165, 1.54) is 7.11 Å². The smallest absolute Gasteiger partial charge is 0.433 e. The molecule has 9 heteroatoms. The zero-order valence-electron chi connectivity index (χ0n) is 11.9. The predicted molar refractivity (Wildman–Crippen MR) is 73.6 cm³/mol. The first-order chi connectivity index (χ1) is 10.3. The van der Waals surface area contributed by atoms with Crippen LogP contribution in [-0.2, 0) is 15.7 Å². The Bertz CT molecular complexity index is 546. The third kappa shape index (κ3) is 4.22. The lowest BCUT2D eigenvalue weighted by Crippen LogP contribution is -2.35. The number of alkyl halides is 3. The first kappa shape index (κ1) is 16.8. The second kappa shape index (κ2) is 6.68. The number of hydrogen-bond donors (Lipinski definition) is 0. The molecular formula is C13H15ClF3N3O2. The van der Waals surface area contributed by atoms with Gasteiger partial charge in [-0.2, -0.15) is 13.2 Å². The van der Waals surface area contributed by atoms with E-state index in [0.29, 0.717) is 32.4 Å². The van der Waals surface area contributed by atoms with Gasteiger partial charge in [0.1, 0.15) is 5.82 Å². The van der Waals surface area contributed by atoms with Crippen LogP contribution in [0.3, 0.4) is 0 Å². The second-order valence-corrected chi connectivity index (χ2v) is 5.43. The molecule has 2 heterocycles. The molecule has 22 heavy (non-hydrogen) atoms. The number of carbonyl (C=O) groups is 1. The average molecular weight is 338 g/mol. The van der Waals surface area contributed by atoms with Gasteiger partial charge in [0.15, 0.2) is 5.69 Å². The van der Waals surface area contributed by atoms with E-state index in [2.05, 4.69) is 14.7 Å². The molecule has 1 fully saturated rings. The Balaban J connectivity index is 2.05. The van der Waals surface area contributed by atoms with Crippen molar-refractivity contribution in [2.45, 2.75) is 25.4 Å². The summed E-state index contributed by atoms with van der Waals surface area (Å²) in [6.07, 6.45) is -2.89. The second-order valence-electron chi connectivity index (χ2n) is 5.09. The minimum absolute atomic E-state index is 0.156. The number of anilines is 1. The summed E-state index contributed by atoms with van der Waals surface area (Å²) in [7, 11) is 1.33. The van der Waals surface area contributed by atoms with Crippen molar-refractivity contribution in [3.05, 3.63) is 17.0 Å². The van der Waals surface area contributed by atoms with Gasteiger partial charge in [-0.25, -0.2) is 9.97 Å². The van der Waals surface area contributed by atoms with Crippen LogP contribution in [0.5, 0.6) is 0 Å². The van der Waals surface area contributed by atoms with E-state index in [0.717, 1.165) is 6.07 Å². The van der Waals surface area contributed by atoms with E-state index >= 15 is 0 Å². The van der Waals surface area contributed by atoms with Crippen LogP contribution in [0.1, 0.15) is 25.0 Å². The van der Waals surface area contributed by atoms with Crippen LogP contribution in [0.2, 0.25) is 5.28 Å². The fraction of sp³-hybridized carbons (Fsp3) is 0.615. The van der Waals surface area contributed by atoms with Gasteiger partial charge >= 0.3 is 12.1 Å². The molecule has 122 valence electrons. The van der Waals surface area contributed by atoms with Crippen LogP contribution in [0, 0.1) is 5.92 Å². The number of hydrogen-bond acceptors (Lipinski definition) is 5. The van der Waals surface area contributed by atoms with Crippen molar-refractivity contribution in [1.82, 2.24) is 9.97 Å². The van der Waals surface area contributed by atoms with Crippen molar-refractivity contribution in [1.29, 1.82) is 0 Å². The highest BCUT2D eigenvalue weighted by molar-refractivity contribution is 6.28. The summed E-state index contributed by atoms with van der Waals surface area (Å²) in [5.74, 6) is 0.0508. The maximum atomic E-state index is 12.7. The van der Waals surface area contributed by atoms with Gasteiger partial charge in [0.05, 0.1) is 7.11 Å². The highest BCUT2D eigenvalue weighted by atomic mass is 35.5. The highest BCUT2D eigenvalue weighted by Gasteiger charge is 2.34. The van der Waals surface area contributed by atoms with Crippen LogP contribution < -0.4 is 4.90 Å². The van der Waals surface area contributed by atoms with Gasteiger partial charge < -0.3 is 9.64 Å². The first-order valence-electron chi connectivity index (χ1n) is 6.73. The Kier molecular flexibility index (Phi) is 5.10. The first-order valence-corrected chi connectivity index (χ1v) is 7.11. The Morgan fingerprint density at radius 1 is 1.41 bits per heavy atom. The Morgan fingerprint density at radius 2 is 2.05 bits per heavy atom. The van der Waals surface area contributed by atoms with Gasteiger partial charge in [0.25, 0.3) is 0 Å². The lowest BCUT2D eigenvalue weighted by molar-refractivity contribution is -0.142. The summed E-state index contributed by atoms with van der Waals surface area (Å²) in [6, 6.07) is 0.895. The molecule has 5 nitrogen and oxygen atoms in total. The molecule has 1 aromatic rings. The van der Waals surface area contributed by atoms with Crippen molar-refractivity contribution in [2.75, 3.05) is 25.1 Å². The van der Waals surface area contributed by atoms with Crippen molar-refractivity contribution >= 4 is 23.4 Å². The van der Waals surface area contributed by atoms with E-state index in [1.54, 1.807) is 4.90 Å². The largest absolute Gasteiger partial charge is 0.469 e. The van der Waals surface area contributed by atoms with E-state index in [9.17, 15) is 18.0 Å². The summed E-state index contributed by atoms with van der Waals surface area (Å²) in [5, 5.41) is -0.429. The summed E-state index contributed by atoms with van der Waals surface area (Å²) in [4.78, 5) is 20.0. The molecule has 0 radical (unpaired) electrons. The maximum absolute atomic E-state index is 12.7. The van der Waals surface area contributed by atoms with Gasteiger partial charge in [0, 0.05) is 25.6 Å². The van der Waals surface area contributed by atoms with Gasteiger partial charge in [-0.3, -0.25) is 4.79 Å². The third-order valence-electron chi connectivity index (χ3n) is 3.60. The lowest BCUT2D eigenvalue weighted by Gasteiger charge is -2.32. The third-order valence-corrected chi connectivity index (χ3v) is 3.77. The minimum Gasteiger partial charge on any atom is -0.469 e. The molecule has 0 N–H and O–H groups in total. The van der Waals surface area contributed by atoms with Crippen molar-refractivity contribution < 1.29 is 22.7 Å². The Hall–Kier alpha value is -1.57. The molecule has 0 aromatic carbocycles. The molecule has 1 aromatic heterocycles. The monoisotopic (exact) mass is 337 g/mol. The Morgan fingerprint density at radius 3 is 2.59 bits per heavy atom. The maximum Gasteiger partial charge on any atom is 0.433 e. The molecule has 0 unspecified atom stereocenters. The number of carbonyl (C=O) groups excluding carboxylic acids is 1. The zero-order valence-corrected chi connectivity index (χ0v) is 12.6. The topological polar surface area (TPSA) is 55.3 Å². The molecule has 0 bridgehead atoms. The number of nitrogens with zero attached hydrogens (tertiary/aromatic N) is 3. The van der Waals surface area contributed by atoms with Crippen LogP contribution in [0.4, 0.5) is 19.0 Å². The number of halogens is 4. The fourth-order valence-corrected chi connectivity index (χ4v) is 2.58. The molecule has 2 rings (SSSR count).